The van der Waals surface area contributed by atoms with E-state index in [-0.39, 0.29) is 0 Å². The van der Waals surface area contributed by atoms with Gasteiger partial charge in [0, 0.05) is 6.61 Å². The minimum atomic E-state index is 0.670. The molecular weight excluding hydrogens is 164 g/mol. The van der Waals surface area contributed by atoms with E-state index in [4.69, 9.17) is 4.43 Å². The maximum atomic E-state index is 5.29. The molecule has 0 fully saturated rings. The SMILES string of the molecule is CCCCCCCCCO[Si]C. The van der Waals surface area contributed by atoms with E-state index in [1.54, 1.807) is 0 Å². The zero-order valence-corrected chi connectivity index (χ0v) is 9.57. The van der Waals surface area contributed by atoms with Gasteiger partial charge in [0.25, 0.3) is 0 Å². The monoisotopic (exact) mass is 186 g/mol. The fraction of sp³-hybridized carbons (Fsp3) is 1.00. The number of hydrogen-bond donors (Lipinski definition) is 0. The fourth-order valence-electron chi connectivity index (χ4n) is 1.23. The molecule has 2 heteroatoms. The summed E-state index contributed by atoms with van der Waals surface area (Å²) in [6.45, 7) is 5.32. The Morgan fingerprint density at radius 1 is 0.917 bits per heavy atom. The zero-order chi connectivity index (χ0) is 9.07. The molecule has 0 aliphatic heterocycles. The van der Waals surface area contributed by atoms with Crippen molar-refractivity contribution in [3.63, 3.8) is 0 Å². The molecule has 0 saturated carbocycles. The third-order valence-corrected chi connectivity index (χ3v) is 2.49. The lowest BCUT2D eigenvalue weighted by molar-refractivity contribution is 0.323. The normalized spacial score (nSPS) is 10.5. The van der Waals surface area contributed by atoms with Crippen molar-refractivity contribution >= 4 is 9.76 Å². The van der Waals surface area contributed by atoms with Gasteiger partial charge in [0.1, 0.15) is 0 Å². The van der Waals surface area contributed by atoms with Crippen LogP contribution in [0.2, 0.25) is 6.55 Å². The molecule has 2 radical (unpaired) electrons. The highest BCUT2D eigenvalue weighted by molar-refractivity contribution is 6.24. The third kappa shape index (κ3) is 10.2. The summed E-state index contributed by atoms with van der Waals surface area (Å²) in [6, 6.07) is 0. The van der Waals surface area contributed by atoms with Gasteiger partial charge in [0.05, 0.1) is 0 Å². The molecule has 0 saturated heterocycles. The lowest BCUT2D eigenvalue weighted by atomic mass is 10.1. The summed E-state index contributed by atoms with van der Waals surface area (Å²) in [4.78, 5) is 0. The number of unbranched alkanes of at least 4 members (excludes halogenated alkanes) is 6. The molecule has 0 spiro atoms. The molecule has 0 amide bonds. The minimum absolute atomic E-state index is 0.670. The van der Waals surface area contributed by atoms with Gasteiger partial charge in [-0.25, -0.2) is 0 Å². The van der Waals surface area contributed by atoms with Gasteiger partial charge >= 0.3 is 0 Å². The predicted octanol–water partition coefficient (Wildman–Crippen LogP) is 3.42. The van der Waals surface area contributed by atoms with Crippen molar-refractivity contribution < 1.29 is 4.43 Å². The number of hydrogen-bond acceptors (Lipinski definition) is 1. The van der Waals surface area contributed by atoms with Crippen molar-refractivity contribution in [2.75, 3.05) is 6.61 Å². The summed E-state index contributed by atoms with van der Waals surface area (Å²) in [6.07, 6.45) is 9.61. The molecule has 0 unspecified atom stereocenters. The van der Waals surface area contributed by atoms with Crippen molar-refractivity contribution in [2.45, 2.75) is 58.4 Å². The van der Waals surface area contributed by atoms with Crippen LogP contribution in [-0.2, 0) is 4.43 Å². The van der Waals surface area contributed by atoms with Gasteiger partial charge in [0.15, 0.2) is 0 Å². The van der Waals surface area contributed by atoms with Crippen LogP contribution in [0.4, 0.5) is 0 Å². The van der Waals surface area contributed by atoms with Crippen LogP contribution in [0.25, 0.3) is 0 Å². The van der Waals surface area contributed by atoms with Crippen LogP contribution < -0.4 is 0 Å². The van der Waals surface area contributed by atoms with E-state index in [0.717, 1.165) is 6.61 Å². The van der Waals surface area contributed by atoms with Gasteiger partial charge < -0.3 is 4.43 Å². The second kappa shape index (κ2) is 11.2. The average Bonchev–Trinajstić information content (AvgIpc) is 2.10. The molecule has 0 aromatic heterocycles. The fourth-order valence-corrected chi connectivity index (χ4v) is 1.58. The third-order valence-electron chi connectivity index (χ3n) is 1.99. The summed E-state index contributed by atoms with van der Waals surface area (Å²) in [7, 11) is 0.670. The molecule has 0 atom stereocenters. The van der Waals surface area contributed by atoms with Gasteiger partial charge in [-0.2, -0.15) is 0 Å². The molecule has 12 heavy (non-hydrogen) atoms. The maximum Gasteiger partial charge on any atom is 0.226 e. The van der Waals surface area contributed by atoms with Gasteiger partial charge in [-0.3, -0.25) is 0 Å². The Hall–Kier alpha value is 0.177. The Labute approximate surface area is 79.8 Å². The van der Waals surface area contributed by atoms with Crippen LogP contribution >= 0.6 is 0 Å². The van der Waals surface area contributed by atoms with E-state index in [1.807, 2.05) is 0 Å². The van der Waals surface area contributed by atoms with Crippen molar-refractivity contribution in [3.8, 4) is 0 Å². The van der Waals surface area contributed by atoms with Gasteiger partial charge in [-0.15, -0.1) is 0 Å². The Kier molecular flexibility index (Phi) is 11.3. The highest BCUT2D eigenvalue weighted by atomic mass is 28.2. The first-order valence-corrected chi connectivity index (χ1v) is 6.61. The molecule has 1 nitrogen and oxygen atoms in total. The van der Waals surface area contributed by atoms with Crippen LogP contribution in [0.15, 0.2) is 0 Å². The molecule has 0 aromatic carbocycles. The molecule has 72 valence electrons. The van der Waals surface area contributed by atoms with Crippen molar-refractivity contribution in [2.24, 2.45) is 0 Å². The molecule has 0 rings (SSSR count). The zero-order valence-electron chi connectivity index (χ0n) is 8.57. The van der Waals surface area contributed by atoms with E-state index in [1.165, 1.54) is 44.9 Å². The van der Waals surface area contributed by atoms with Crippen LogP contribution in [0, 0.1) is 0 Å². The van der Waals surface area contributed by atoms with Crippen LogP contribution in [-0.4, -0.2) is 16.4 Å². The van der Waals surface area contributed by atoms with E-state index in [2.05, 4.69) is 13.5 Å². The molecule has 0 aliphatic carbocycles. The largest absolute Gasteiger partial charge is 0.418 e. The first kappa shape index (κ1) is 12.2. The summed E-state index contributed by atoms with van der Waals surface area (Å²) < 4.78 is 5.29. The predicted molar refractivity (Wildman–Crippen MR) is 55.6 cm³/mol. The molecule has 0 N–H and O–H groups in total. The van der Waals surface area contributed by atoms with Gasteiger partial charge in [0.2, 0.25) is 9.76 Å². The van der Waals surface area contributed by atoms with Crippen molar-refractivity contribution in [1.29, 1.82) is 0 Å². The average molecular weight is 186 g/mol. The van der Waals surface area contributed by atoms with E-state index >= 15 is 0 Å². The minimum Gasteiger partial charge on any atom is -0.418 e. The molecular formula is C10H22OSi. The van der Waals surface area contributed by atoms with Gasteiger partial charge in [-0.1, -0.05) is 45.4 Å². The molecule has 0 heterocycles. The van der Waals surface area contributed by atoms with E-state index in [9.17, 15) is 0 Å². The van der Waals surface area contributed by atoms with E-state index < -0.39 is 0 Å². The summed E-state index contributed by atoms with van der Waals surface area (Å²) in [5.41, 5.74) is 0. The lowest BCUT2D eigenvalue weighted by Gasteiger charge is -2.00. The standard InChI is InChI=1S/C10H22OSi/c1-3-4-5-6-7-8-9-10-11-12-2/h3-10H2,1-2H3. The Morgan fingerprint density at radius 2 is 1.50 bits per heavy atom. The quantitative estimate of drug-likeness (QED) is 0.396. The Balaban J connectivity index is 2.73. The Bertz CT molecular complexity index is 66.2. The van der Waals surface area contributed by atoms with Crippen molar-refractivity contribution in [3.05, 3.63) is 0 Å². The first-order valence-electron chi connectivity index (χ1n) is 5.20. The van der Waals surface area contributed by atoms with E-state index in [0.29, 0.717) is 9.76 Å². The van der Waals surface area contributed by atoms with Crippen LogP contribution in [0.3, 0.4) is 0 Å². The van der Waals surface area contributed by atoms with Gasteiger partial charge in [-0.05, 0) is 13.0 Å². The topological polar surface area (TPSA) is 9.23 Å². The highest BCUT2D eigenvalue weighted by Gasteiger charge is 1.90. The molecule has 0 bridgehead atoms. The van der Waals surface area contributed by atoms with Crippen LogP contribution in [0.5, 0.6) is 0 Å². The smallest absolute Gasteiger partial charge is 0.226 e. The highest BCUT2D eigenvalue weighted by Crippen LogP contribution is 2.06. The summed E-state index contributed by atoms with van der Waals surface area (Å²) in [5.74, 6) is 0. The summed E-state index contributed by atoms with van der Waals surface area (Å²) in [5, 5.41) is 0. The second-order valence-electron chi connectivity index (χ2n) is 3.17. The van der Waals surface area contributed by atoms with Crippen LogP contribution in [0.1, 0.15) is 51.9 Å². The summed E-state index contributed by atoms with van der Waals surface area (Å²) >= 11 is 0. The Morgan fingerprint density at radius 3 is 2.08 bits per heavy atom. The molecule has 0 aromatic rings. The molecule has 0 aliphatic rings. The maximum absolute atomic E-state index is 5.29. The van der Waals surface area contributed by atoms with Crippen molar-refractivity contribution in [1.82, 2.24) is 0 Å². The first-order chi connectivity index (χ1) is 5.91. The lowest BCUT2D eigenvalue weighted by Crippen LogP contribution is -1.95. The second-order valence-corrected chi connectivity index (χ2v) is 3.87. The number of rotatable bonds is 9.